The van der Waals surface area contributed by atoms with Crippen LogP contribution in [-0.4, -0.2) is 39.8 Å². The zero-order valence-corrected chi connectivity index (χ0v) is 11.1. The average molecular weight is 273 g/mol. The Bertz CT molecular complexity index is 554. The van der Waals surface area contributed by atoms with Gasteiger partial charge < -0.3 is 4.74 Å². The standard InChI is InChI=1S/C10H15N3O4S/c1-13(2)18(15,16)9-6-7(10(14)12-11)4-5-8(9)17-3/h4-6H,11H2,1-3H3,(H,12,14). The summed E-state index contributed by atoms with van der Waals surface area (Å²) < 4.78 is 30.1. The molecule has 7 nitrogen and oxygen atoms in total. The first-order valence-electron chi connectivity index (χ1n) is 4.96. The van der Waals surface area contributed by atoms with E-state index in [0.717, 1.165) is 4.31 Å². The van der Waals surface area contributed by atoms with Gasteiger partial charge in [-0.05, 0) is 18.2 Å². The molecule has 100 valence electrons. The predicted molar refractivity (Wildman–Crippen MR) is 65.5 cm³/mol. The molecule has 1 rings (SSSR count). The summed E-state index contributed by atoms with van der Waals surface area (Å²) in [6.07, 6.45) is 0. The van der Waals surface area contributed by atoms with Crippen LogP contribution in [0, 0.1) is 0 Å². The van der Waals surface area contributed by atoms with E-state index < -0.39 is 15.9 Å². The third-order valence-electron chi connectivity index (χ3n) is 2.32. The molecule has 1 aromatic rings. The predicted octanol–water partition coefficient (Wildman–Crippen LogP) is -0.451. The molecule has 18 heavy (non-hydrogen) atoms. The topological polar surface area (TPSA) is 102 Å². The summed E-state index contributed by atoms with van der Waals surface area (Å²) in [4.78, 5) is 11.3. The van der Waals surface area contributed by atoms with Crippen LogP contribution in [0.4, 0.5) is 0 Å². The fraction of sp³-hybridized carbons (Fsp3) is 0.300. The molecule has 0 spiro atoms. The van der Waals surface area contributed by atoms with Crippen LogP contribution >= 0.6 is 0 Å². The maximum atomic E-state index is 12.1. The Morgan fingerprint density at radius 3 is 2.44 bits per heavy atom. The first kappa shape index (κ1) is 14.4. The fourth-order valence-corrected chi connectivity index (χ4v) is 2.37. The van der Waals surface area contributed by atoms with Crippen LogP contribution in [0.15, 0.2) is 23.1 Å². The highest BCUT2D eigenvalue weighted by Gasteiger charge is 2.23. The van der Waals surface area contributed by atoms with E-state index in [1.54, 1.807) is 0 Å². The molecule has 1 aromatic carbocycles. The Kier molecular flexibility index (Phi) is 4.28. The summed E-state index contributed by atoms with van der Waals surface area (Å²) in [5, 5.41) is 0. The minimum atomic E-state index is -3.70. The molecule has 0 radical (unpaired) electrons. The number of amides is 1. The minimum Gasteiger partial charge on any atom is -0.495 e. The van der Waals surface area contributed by atoms with Gasteiger partial charge in [0.05, 0.1) is 7.11 Å². The normalized spacial score (nSPS) is 11.4. The first-order valence-corrected chi connectivity index (χ1v) is 6.40. The number of nitrogens with two attached hydrogens (primary N) is 1. The van der Waals surface area contributed by atoms with Gasteiger partial charge in [-0.3, -0.25) is 10.2 Å². The lowest BCUT2D eigenvalue weighted by Gasteiger charge is -2.15. The molecule has 0 saturated carbocycles. The molecule has 0 unspecified atom stereocenters. The van der Waals surface area contributed by atoms with E-state index in [9.17, 15) is 13.2 Å². The van der Waals surface area contributed by atoms with Gasteiger partial charge in [-0.25, -0.2) is 18.6 Å². The van der Waals surface area contributed by atoms with E-state index in [-0.39, 0.29) is 16.2 Å². The van der Waals surface area contributed by atoms with E-state index in [1.807, 2.05) is 5.43 Å². The SMILES string of the molecule is COc1ccc(C(=O)NN)cc1S(=O)(=O)N(C)C. The number of ether oxygens (including phenoxy) is 1. The zero-order valence-electron chi connectivity index (χ0n) is 10.3. The monoisotopic (exact) mass is 273 g/mol. The van der Waals surface area contributed by atoms with Crippen molar-refractivity contribution in [1.82, 2.24) is 9.73 Å². The van der Waals surface area contributed by atoms with Crippen molar-refractivity contribution in [2.45, 2.75) is 4.90 Å². The Balaban J connectivity index is 3.45. The molecule has 0 aliphatic rings. The molecule has 0 bridgehead atoms. The summed E-state index contributed by atoms with van der Waals surface area (Å²) in [6.45, 7) is 0. The van der Waals surface area contributed by atoms with Crippen LogP contribution in [-0.2, 0) is 10.0 Å². The van der Waals surface area contributed by atoms with Crippen molar-refractivity contribution in [3.63, 3.8) is 0 Å². The van der Waals surface area contributed by atoms with Crippen LogP contribution < -0.4 is 16.0 Å². The molecular formula is C10H15N3O4S. The van der Waals surface area contributed by atoms with Crippen molar-refractivity contribution in [2.24, 2.45) is 5.84 Å². The molecule has 1 amide bonds. The van der Waals surface area contributed by atoms with E-state index in [1.165, 1.54) is 39.4 Å². The van der Waals surface area contributed by atoms with Crippen molar-refractivity contribution >= 4 is 15.9 Å². The highest BCUT2D eigenvalue weighted by Crippen LogP contribution is 2.26. The summed E-state index contributed by atoms with van der Waals surface area (Å²) in [6, 6.07) is 4.05. The lowest BCUT2D eigenvalue weighted by molar-refractivity contribution is 0.0953. The van der Waals surface area contributed by atoms with Crippen molar-refractivity contribution in [1.29, 1.82) is 0 Å². The van der Waals surface area contributed by atoms with E-state index in [2.05, 4.69) is 0 Å². The Hall–Kier alpha value is -1.64. The number of rotatable bonds is 4. The van der Waals surface area contributed by atoms with Gasteiger partial charge in [-0.1, -0.05) is 0 Å². The second-order valence-corrected chi connectivity index (χ2v) is 5.75. The lowest BCUT2D eigenvalue weighted by atomic mass is 10.2. The number of carbonyl (C=O) groups is 1. The largest absolute Gasteiger partial charge is 0.495 e. The minimum absolute atomic E-state index is 0.0869. The number of nitrogens with zero attached hydrogens (tertiary/aromatic N) is 1. The van der Waals surface area contributed by atoms with Crippen molar-refractivity contribution in [3.05, 3.63) is 23.8 Å². The van der Waals surface area contributed by atoms with Gasteiger partial charge in [0.25, 0.3) is 5.91 Å². The van der Waals surface area contributed by atoms with Gasteiger partial charge in [-0.2, -0.15) is 0 Å². The Morgan fingerprint density at radius 2 is 2.00 bits per heavy atom. The van der Waals surface area contributed by atoms with Gasteiger partial charge in [0.2, 0.25) is 10.0 Å². The molecule has 0 aliphatic heterocycles. The summed E-state index contributed by atoms with van der Waals surface area (Å²) in [5.41, 5.74) is 2.08. The highest BCUT2D eigenvalue weighted by molar-refractivity contribution is 7.89. The van der Waals surface area contributed by atoms with Gasteiger partial charge in [0, 0.05) is 19.7 Å². The van der Waals surface area contributed by atoms with Crippen LogP contribution in [0.25, 0.3) is 0 Å². The molecule has 0 aromatic heterocycles. The van der Waals surface area contributed by atoms with E-state index >= 15 is 0 Å². The van der Waals surface area contributed by atoms with Crippen LogP contribution in [0.2, 0.25) is 0 Å². The number of nitrogens with one attached hydrogen (secondary N) is 1. The second kappa shape index (κ2) is 5.34. The van der Waals surface area contributed by atoms with Gasteiger partial charge in [-0.15, -0.1) is 0 Å². The highest BCUT2D eigenvalue weighted by atomic mass is 32.2. The maximum absolute atomic E-state index is 12.1. The van der Waals surface area contributed by atoms with Crippen molar-refractivity contribution in [3.8, 4) is 5.75 Å². The van der Waals surface area contributed by atoms with Crippen molar-refractivity contribution in [2.75, 3.05) is 21.2 Å². The maximum Gasteiger partial charge on any atom is 0.265 e. The van der Waals surface area contributed by atoms with Gasteiger partial charge >= 0.3 is 0 Å². The van der Waals surface area contributed by atoms with Crippen molar-refractivity contribution < 1.29 is 17.9 Å². The summed E-state index contributed by atoms with van der Waals surface area (Å²) in [5.74, 6) is 4.59. The fourth-order valence-electron chi connectivity index (χ4n) is 1.30. The van der Waals surface area contributed by atoms with Crippen LogP contribution in [0.3, 0.4) is 0 Å². The number of nitrogen functional groups attached to an aromatic ring is 1. The molecule has 0 saturated heterocycles. The smallest absolute Gasteiger partial charge is 0.265 e. The molecular weight excluding hydrogens is 258 g/mol. The second-order valence-electron chi connectivity index (χ2n) is 3.63. The summed E-state index contributed by atoms with van der Waals surface area (Å²) >= 11 is 0. The number of methoxy groups -OCH3 is 1. The Morgan fingerprint density at radius 1 is 1.39 bits per heavy atom. The third kappa shape index (κ3) is 2.61. The molecule has 0 heterocycles. The number of benzene rings is 1. The molecule has 0 atom stereocenters. The summed E-state index contributed by atoms with van der Waals surface area (Å²) in [7, 11) is 0.444. The quantitative estimate of drug-likeness (QED) is 0.439. The zero-order chi connectivity index (χ0) is 13.9. The number of sulfonamides is 1. The molecule has 8 heteroatoms. The van der Waals surface area contributed by atoms with E-state index in [0.29, 0.717) is 0 Å². The Labute approximate surface area is 106 Å². The lowest BCUT2D eigenvalue weighted by Crippen LogP contribution is -2.30. The molecule has 3 N–H and O–H groups in total. The van der Waals surface area contributed by atoms with Gasteiger partial charge in [0.1, 0.15) is 10.6 Å². The van der Waals surface area contributed by atoms with E-state index in [4.69, 9.17) is 10.6 Å². The molecule has 0 fully saturated rings. The van der Waals surface area contributed by atoms with Crippen LogP contribution in [0.5, 0.6) is 5.75 Å². The number of hydrogen-bond acceptors (Lipinski definition) is 5. The third-order valence-corrected chi connectivity index (χ3v) is 4.15. The number of hydrogen-bond donors (Lipinski definition) is 2. The number of hydrazine groups is 1. The molecule has 0 aliphatic carbocycles. The van der Waals surface area contributed by atoms with Crippen LogP contribution in [0.1, 0.15) is 10.4 Å². The average Bonchev–Trinajstić information content (AvgIpc) is 2.36. The first-order chi connectivity index (χ1) is 8.34. The number of carbonyl (C=O) groups excluding carboxylic acids is 1. The van der Waals surface area contributed by atoms with Gasteiger partial charge in [0.15, 0.2) is 0 Å².